The molecule has 0 aliphatic carbocycles. The van der Waals surface area contributed by atoms with Gasteiger partial charge < -0.3 is 8.94 Å². The molecule has 0 spiro atoms. The largest absolute Gasteiger partial charge is 0.419 e. The zero-order valence-corrected chi connectivity index (χ0v) is 17.0. The summed E-state index contributed by atoms with van der Waals surface area (Å²) in [5.41, 5.74) is 3.83. The maximum atomic E-state index is 6.07. The van der Waals surface area contributed by atoms with E-state index < -0.39 is 0 Å². The van der Waals surface area contributed by atoms with Crippen molar-refractivity contribution in [3.63, 3.8) is 0 Å². The smallest absolute Gasteiger partial charge is 0.253 e. The molecule has 5 rings (SSSR count). The maximum Gasteiger partial charge on any atom is 0.253 e. The Morgan fingerprint density at radius 2 is 1.77 bits per heavy atom. The fourth-order valence-corrected chi connectivity index (χ4v) is 4.23. The Labute approximate surface area is 175 Å². The lowest BCUT2D eigenvalue weighted by molar-refractivity contribution is 0.221. The third kappa shape index (κ3) is 3.78. The summed E-state index contributed by atoms with van der Waals surface area (Å²) in [4.78, 5) is 2.45. The van der Waals surface area contributed by atoms with Gasteiger partial charge in [-0.15, -0.1) is 10.2 Å². The average molecular weight is 400 g/mol. The molecule has 0 radical (unpaired) electrons. The summed E-state index contributed by atoms with van der Waals surface area (Å²) in [5.74, 6) is 1.76. The van der Waals surface area contributed by atoms with E-state index in [4.69, 9.17) is 8.94 Å². The number of hydrogen-bond donors (Lipinski definition) is 0. The zero-order valence-electron chi connectivity index (χ0n) is 17.0. The van der Waals surface area contributed by atoms with Crippen LogP contribution < -0.4 is 0 Å². The third-order valence-corrected chi connectivity index (χ3v) is 5.74. The van der Waals surface area contributed by atoms with Crippen molar-refractivity contribution in [3.05, 3.63) is 77.9 Å². The second-order valence-corrected chi connectivity index (χ2v) is 7.79. The molecule has 1 aliphatic heterocycles. The molecule has 6 heteroatoms. The van der Waals surface area contributed by atoms with Gasteiger partial charge in [0.15, 0.2) is 0 Å². The summed E-state index contributed by atoms with van der Waals surface area (Å²) in [6.45, 7) is 3.58. The van der Waals surface area contributed by atoms with E-state index in [0.717, 1.165) is 29.8 Å². The molecule has 2 aromatic heterocycles. The van der Waals surface area contributed by atoms with Crippen LogP contribution >= 0.6 is 0 Å². The van der Waals surface area contributed by atoms with Crippen LogP contribution in [-0.4, -0.2) is 32.8 Å². The first kappa shape index (κ1) is 18.8. The van der Waals surface area contributed by atoms with E-state index in [1.165, 1.54) is 18.4 Å². The van der Waals surface area contributed by atoms with Crippen molar-refractivity contribution in [1.82, 2.24) is 20.3 Å². The predicted molar refractivity (Wildman–Crippen MR) is 114 cm³/mol. The topological polar surface area (TPSA) is 68.2 Å². The van der Waals surface area contributed by atoms with Gasteiger partial charge in [0.1, 0.15) is 17.0 Å². The SMILES string of the molecule is Cc1onc(-c2ccccc2)c1-c1nnc(CN2CCCC2Cc2ccccc2)o1. The van der Waals surface area contributed by atoms with Crippen LogP contribution in [0.15, 0.2) is 69.6 Å². The van der Waals surface area contributed by atoms with E-state index in [1.54, 1.807) is 0 Å². The van der Waals surface area contributed by atoms with Gasteiger partial charge in [-0.2, -0.15) is 0 Å². The van der Waals surface area contributed by atoms with E-state index in [9.17, 15) is 0 Å². The Bertz CT molecular complexity index is 1100. The molecule has 1 saturated heterocycles. The highest BCUT2D eigenvalue weighted by Gasteiger charge is 2.27. The quantitative estimate of drug-likeness (QED) is 0.458. The first-order valence-electron chi connectivity index (χ1n) is 10.4. The number of rotatable bonds is 6. The maximum absolute atomic E-state index is 6.07. The molecular weight excluding hydrogens is 376 g/mol. The Hall–Kier alpha value is -3.25. The number of aromatic nitrogens is 3. The molecule has 1 atom stereocenters. The molecule has 6 nitrogen and oxygen atoms in total. The lowest BCUT2D eigenvalue weighted by Crippen LogP contribution is -2.30. The molecule has 0 N–H and O–H groups in total. The van der Waals surface area contributed by atoms with Crippen molar-refractivity contribution in [2.24, 2.45) is 0 Å². The molecule has 0 saturated carbocycles. The molecule has 3 heterocycles. The lowest BCUT2D eigenvalue weighted by atomic mass is 10.0. The Morgan fingerprint density at radius 1 is 1.00 bits per heavy atom. The van der Waals surface area contributed by atoms with Gasteiger partial charge in [0.25, 0.3) is 5.89 Å². The van der Waals surface area contributed by atoms with Crippen LogP contribution in [0.5, 0.6) is 0 Å². The number of hydrogen-bond acceptors (Lipinski definition) is 6. The Morgan fingerprint density at radius 3 is 2.57 bits per heavy atom. The Balaban J connectivity index is 1.35. The highest BCUT2D eigenvalue weighted by Crippen LogP contribution is 2.33. The normalized spacial score (nSPS) is 16.9. The Kier molecular flexibility index (Phi) is 5.15. The van der Waals surface area contributed by atoms with Crippen molar-refractivity contribution in [1.29, 1.82) is 0 Å². The summed E-state index contributed by atoms with van der Waals surface area (Å²) in [7, 11) is 0. The minimum absolute atomic E-state index is 0.460. The minimum atomic E-state index is 0.460. The van der Waals surface area contributed by atoms with Gasteiger partial charge in [0, 0.05) is 11.6 Å². The van der Waals surface area contributed by atoms with Gasteiger partial charge in [-0.1, -0.05) is 65.8 Å². The number of likely N-dealkylation sites (tertiary alicyclic amines) is 1. The second kappa shape index (κ2) is 8.24. The van der Waals surface area contributed by atoms with Crippen LogP contribution in [0.1, 0.15) is 30.1 Å². The summed E-state index contributed by atoms with van der Waals surface area (Å²) in [5, 5.41) is 12.9. The highest BCUT2D eigenvalue weighted by molar-refractivity contribution is 5.77. The predicted octanol–water partition coefficient (Wildman–Crippen LogP) is 4.91. The van der Waals surface area contributed by atoms with E-state index in [2.05, 4.69) is 50.6 Å². The van der Waals surface area contributed by atoms with Crippen LogP contribution in [0.2, 0.25) is 0 Å². The van der Waals surface area contributed by atoms with Gasteiger partial charge >= 0.3 is 0 Å². The summed E-state index contributed by atoms with van der Waals surface area (Å²) in [6, 6.07) is 21.1. The van der Waals surface area contributed by atoms with Crippen LogP contribution in [0, 0.1) is 6.92 Å². The minimum Gasteiger partial charge on any atom is -0.419 e. The zero-order chi connectivity index (χ0) is 20.3. The molecular formula is C24H24N4O2. The van der Waals surface area contributed by atoms with Gasteiger partial charge in [0.2, 0.25) is 5.89 Å². The number of benzene rings is 2. The van der Waals surface area contributed by atoms with Gasteiger partial charge in [-0.25, -0.2) is 0 Å². The molecule has 2 aromatic carbocycles. The fraction of sp³-hybridized carbons (Fsp3) is 0.292. The van der Waals surface area contributed by atoms with E-state index in [1.807, 2.05) is 37.3 Å². The summed E-state index contributed by atoms with van der Waals surface area (Å²) in [6.07, 6.45) is 3.44. The van der Waals surface area contributed by atoms with Crippen molar-refractivity contribution in [2.45, 2.75) is 38.8 Å². The molecule has 0 amide bonds. The first-order valence-corrected chi connectivity index (χ1v) is 10.4. The molecule has 4 aromatic rings. The standard InChI is InChI=1S/C24H24N4O2/c1-17-22(23(27-30-17)19-11-6-3-7-12-19)24-26-25-21(29-24)16-28-14-8-13-20(28)15-18-9-4-2-5-10-18/h2-7,9-12,20H,8,13-16H2,1H3. The molecule has 0 bridgehead atoms. The molecule has 1 aliphatic rings. The molecule has 1 fully saturated rings. The lowest BCUT2D eigenvalue weighted by Gasteiger charge is -2.22. The molecule has 1 unspecified atom stereocenters. The number of nitrogens with zero attached hydrogens (tertiary/aromatic N) is 4. The van der Waals surface area contributed by atoms with Crippen LogP contribution in [0.3, 0.4) is 0 Å². The van der Waals surface area contributed by atoms with E-state index in [0.29, 0.717) is 30.1 Å². The van der Waals surface area contributed by atoms with Crippen molar-refractivity contribution in [3.8, 4) is 22.7 Å². The highest BCUT2D eigenvalue weighted by atomic mass is 16.5. The monoisotopic (exact) mass is 400 g/mol. The van der Waals surface area contributed by atoms with E-state index >= 15 is 0 Å². The summed E-state index contributed by atoms with van der Waals surface area (Å²) < 4.78 is 11.5. The van der Waals surface area contributed by atoms with Gasteiger partial charge in [-0.3, -0.25) is 4.90 Å². The van der Waals surface area contributed by atoms with Crippen molar-refractivity contribution < 1.29 is 8.94 Å². The number of aryl methyl sites for hydroxylation is 1. The summed E-state index contributed by atoms with van der Waals surface area (Å²) >= 11 is 0. The van der Waals surface area contributed by atoms with Crippen LogP contribution in [0.4, 0.5) is 0 Å². The van der Waals surface area contributed by atoms with Crippen LogP contribution in [0.25, 0.3) is 22.7 Å². The third-order valence-electron chi connectivity index (χ3n) is 5.74. The van der Waals surface area contributed by atoms with Crippen LogP contribution in [-0.2, 0) is 13.0 Å². The fourth-order valence-electron chi connectivity index (χ4n) is 4.23. The van der Waals surface area contributed by atoms with Crippen molar-refractivity contribution >= 4 is 0 Å². The van der Waals surface area contributed by atoms with Crippen molar-refractivity contribution in [2.75, 3.05) is 6.54 Å². The van der Waals surface area contributed by atoms with E-state index in [-0.39, 0.29) is 0 Å². The molecule has 30 heavy (non-hydrogen) atoms. The van der Waals surface area contributed by atoms with Gasteiger partial charge in [0.05, 0.1) is 6.54 Å². The second-order valence-electron chi connectivity index (χ2n) is 7.79. The van der Waals surface area contributed by atoms with Gasteiger partial charge in [-0.05, 0) is 38.3 Å². The average Bonchev–Trinajstić information content (AvgIpc) is 3.51. The first-order chi connectivity index (χ1) is 14.8. The molecule has 152 valence electrons.